The van der Waals surface area contributed by atoms with Crippen molar-refractivity contribution < 1.29 is 5.11 Å². The third-order valence-corrected chi connectivity index (χ3v) is 3.15. The van der Waals surface area contributed by atoms with Crippen molar-refractivity contribution >= 4 is 23.8 Å². The lowest BCUT2D eigenvalue weighted by Crippen LogP contribution is -2.04. The van der Waals surface area contributed by atoms with Gasteiger partial charge in [-0.1, -0.05) is 35.9 Å². The summed E-state index contributed by atoms with van der Waals surface area (Å²) in [7, 11) is 0. The van der Waals surface area contributed by atoms with Crippen LogP contribution < -0.4 is 0 Å². The van der Waals surface area contributed by atoms with Gasteiger partial charge in [-0.15, -0.1) is 0 Å². The molecule has 1 atom stereocenters. The number of aliphatic hydroxyl groups is 1. The molecule has 0 bridgehead atoms. The molecule has 2 aromatic rings. The van der Waals surface area contributed by atoms with E-state index in [1.54, 1.807) is 12.3 Å². The van der Waals surface area contributed by atoms with Gasteiger partial charge in [0.05, 0.1) is 5.69 Å². The molecule has 1 aromatic heterocycles. The van der Waals surface area contributed by atoms with E-state index in [2.05, 4.69) is 4.98 Å². The van der Waals surface area contributed by atoms with E-state index in [0.717, 1.165) is 16.7 Å². The predicted molar refractivity (Wildman–Crippen MR) is 68.7 cm³/mol. The maximum absolute atomic E-state index is 10.3. The van der Waals surface area contributed by atoms with Crippen LogP contribution in [-0.2, 0) is 0 Å². The smallest absolute Gasteiger partial charge is 0.122 e. The fourth-order valence-electron chi connectivity index (χ4n) is 2.07. The summed E-state index contributed by atoms with van der Waals surface area (Å²) < 4.78 is 0. The molecule has 0 fully saturated rings. The molecule has 1 aliphatic carbocycles. The van der Waals surface area contributed by atoms with E-state index >= 15 is 0 Å². The van der Waals surface area contributed by atoms with Gasteiger partial charge in [0.25, 0.3) is 0 Å². The molecule has 1 heterocycles. The maximum atomic E-state index is 10.3. The highest BCUT2D eigenvalue weighted by Crippen LogP contribution is 2.32. The molecule has 3 rings (SSSR count). The summed E-state index contributed by atoms with van der Waals surface area (Å²) in [6.07, 6.45) is 4.90. The molecule has 0 amide bonds. The highest BCUT2D eigenvalue weighted by atomic mass is 35.5. The number of halogens is 1. The largest absolute Gasteiger partial charge is 0.382 e. The second kappa shape index (κ2) is 3.99. The molecular weight excluding hydrogens is 234 g/mol. The highest BCUT2D eigenvalue weighted by Gasteiger charge is 2.19. The van der Waals surface area contributed by atoms with Gasteiger partial charge in [0.15, 0.2) is 0 Å². The maximum Gasteiger partial charge on any atom is 0.122 e. The molecule has 2 nitrogen and oxygen atoms in total. The van der Waals surface area contributed by atoms with Gasteiger partial charge in [0, 0.05) is 11.2 Å². The Bertz CT molecular complexity index is 607. The average molecular weight is 244 g/mol. The number of hydrogen-bond donors (Lipinski definition) is 1. The normalized spacial score (nSPS) is 17.2. The molecule has 0 saturated carbocycles. The molecule has 0 spiro atoms. The number of fused-ring (bicyclic) bond motifs is 2. The summed E-state index contributed by atoms with van der Waals surface area (Å²) in [4.78, 5) is 4.25. The Hall–Kier alpha value is -1.64. The second-order valence-electron chi connectivity index (χ2n) is 3.99. The molecule has 1 aliphatic rings. The first-order valence-electron chi connectivity index (χ1n) is 5.36. The Kier molecular flexibility index (Phi) is 2.46. The summed E-state index contributed by atoms with van der Waals surface area (Å²) in [5.74, 6) is 0. The lowest BCUT2D eigenvalue weighted by Gasteiger charge is -2.13. The van der Waals surface area contributed by atoms with Crippen molar-refractivity contribution in [3.8, 4) is 0 Å². The summed E-state index contributed by atoms with van der Waals surface area (Å²) in [6.45, 7) is 0. The van der Waals surface area contributed by atoms with Crippen LogP contribution in [0.2, 0.25) is 5.02 Å². The van der Waals surface area contributed by atoms with Gasteiger partial charge in [-0.05, 0) is 34.9 Å². The van der Waals surface area contributed by atoms with Crippen LogP contribution in [0.5, 0.6) is 0 Å². The lowest BCUT2D eigenvalue weighted by molar-refractivity contribution is 0.215. The summed E-state index contributed by atoms with van der Waals surface area (Å²) in [5, 5.41) is 11.0. The van der Waals surface area contributed by atoms with E-state index in [1.165, 1.54) is 0 Å². The molecule has 17 heavy (non-hydrogen) atoms. The number of pyridine rings is 1. The zero-order chi connectivity index (χ0) is 11.8. The van der Waals surface area contributed by atoms with Crippen LogP contribution in [0, 0.1) is 0 Å². The monoisotopic (exact) mass is 243 g/mol. The lowest BCUT2D eigenvalue weighted by atomic mass is 10.0. The van der Waals surface area contributed by atoms with Crippen molar-refractivity contribution in [2.24, 2.45) is 0 Å². The first-order chi connectivity index (χ1) is 8.25. The van der Waals surface area contributed by atoms with Crippen LogP contribution >= 0.6 is 11.6 Å². The Morgan fingerprint density at radius 2 is 1.94 bits per heavy atom. The topological polar surface area (TPSA) is 33.1 Å². The van der Waals surface area contributed by atoms with Crippen LogP contribution in [0.1, 0.15) is 28.5 Å². The number of aliphatic hydroxyl groups excluding tert-OH is 1. The Balaban J connectivity index is 2.24. The van der Waals surface area contributed by atoms with Crippen LogP contribution in [0.15, 0.2) is 36.5 Å². The van der Waals surface area contributed by atoms with Crippen molar-refractivity contribution in [3.05, 3.63) is 63.9 Å². The average Bonchev–Trinajstić information content (AvgIpc) is 2.48. The van der Waals surface area contributed by atoms with Gasteiger partial charge >= 0.3 is 0 Å². The first kappa shape index (κ1) is 10.5. The minimum atomic E-state index is -0.700. The van der Waals surface area contributed by atoms with Crippen LogP contribution in [0.4, 0.5) is 0 Å². The molecule has 3 heteroatoms. The van der Waals surface area contributed by atoms with Gasteiger partial charge in [0.1, 0.15) is 6.10 Å². The zero-order valence-electron chi connectivity index (χ0n) is 8.97. The third-order valence-electron chi connectivity index (χ3n) is 2.92. The molecule has 0 radical (unpaired) electrons. The molecule has 1 N–H and O–H groups in total. The van der Waals surface area contributed by atoms with Gasteiger partial charge in [-0.25, -0.2) is 0 Å². The first-order valence-corrected chi connectivity index (χ1v) is 5.74. The van der Waals surface area contributed by atoms with Crippen LogP contribution in [0.3, 0.4) is 0 Å². The zero-order valence-corrected chi connectivity index (χ0v) is 9.72. The molecule has 0 unspecified atom stereocenters. The minimum Gasteiger partial charge on any atom is -0.382 e. The highest BCUT2D eigenvalue weighted by molar-refractivity contribution is 6.30. The minimum absolute atomic E-state index is 0.666. The van der Waals surface area contributed by atoms with Gasteiger partial charge in [-0.2, -0.15) is 0 Å². The standard InChI is InChI=1S/C14H10ClNO/c15-11-5-6-12-10(8-11)4-3-9-2-1-7-16-13(9)14(12)17/h1-8,14,17H/t14-/m0/s1. The van der Waals surface area contributed by atoms with E-state index in [-0.39, 0.29) is 0 Å². The SMILES string of the molecule is O[C@H]1c2ccc(Cl)cc2C=Cc2cccnc21. The third kappa shape index (κ3) is 1.75. The number of aromatic nitrogens is 1. The number of hydrogen-bond acceptors (Lipinski definition) is 2. The van der Waals surface area contributed by atoms with Crippen LogP contribution in [0.25, 0.3) is 12.2 Å². The number of benzene rings is 1. The molecular formula is C14H10ClNO. The molecule has 0 saturated heterocycles. The van der Waals surface area contributed by atoms with E-state index in [0.29, 0.717) is 10.7 Å². The summed E-state index contributed by atoms with van der Waals surface area (Å²) in [5.41, 5.74) is 3.39. The van der Waals surface area contributed by atoms with Crippen molar-refractivity contribution in [1.82, 2.24) is 4.98 Å². The van der Waals surface area contributed by atoms with Gasteiger partial charge < -0.3 is 5.11 Å². The van der Waals surface area contributed by atoms with Gasteiger partial charge in [-0.3, -0.25) is 4.98 Å². The van der Waals surface area contributed by atoms with E-state index in [1.807, 2.05) is 36.4 Å². The second-order valence-corrected chi connectivity index (χ2v) is 4.42. The molecule has 84 valence electrons. The fourth-order valence-corrected chi connectivity index (χ4v) is 2.25. The van der Waals surface area contributed by atoms with E-state index in [4.69, 9.17) is 11.6 Å². The number of rotatable bonds is 0. The quantitative estimate of drug-likeness (QED) is 0.770. The number of nitrogens with zero attached hydrogens (tertiary/aromatic N) is 1. The Morgan fingerprint density at radius 3 is 2.82 bits per heavy atom. The summed E-state index contributed by atoms with van der Waals surface area (Å²) in [6, 6.07) is 9.28. The van der Waals surface area contributed by atoms with Crippen LogP contribution in [-0.4, -0.2) is 10.1 Å². The Morgan fingerprint density at radius 1 is 1.12 bits per heavy atom. The van der Waals surface area contributed by atoms with E-state index in [9.17, 15) is 5.11 Å². The van der Waals surface area contributed by atoms with Crippen molar-refractivity contribution in [3.63, 3.8) is 0 Å². The molecule has 1 aromatic carbocycles. The Labute approximate surface area is 104 Å². The predicted octanol–water partition coefficient (Wildman–Crippen LogP) is 3.30. The van der Waals surface area contributed by atoms with Crippen molar-refractivity contribution in [2.45, 2.75) is 6.10 Å². The van der Waals surface area contributed by atoms with E-state index < -0.39 is 6.10 Å². The van der Waals surface area contributed by atoms with Crippen molar-refractivity contribution in [1.29, 1.82) is 0 Å². The fraction of sp³-hybridized carbons (Fsp3) is 0.0714. The summed E-state index contributed by atoms with van der Waals surface area (Å²) >= 11 is 5.96. The molecule has 0 aliphatic heterocycles. The van der Waals surface area contributed by atoms with Crippen molar-refractivity contribution in [2.75, 3.05) is 0 Å². The van der Waals surface area contributed by atoms with Gasteiger partial charge in [0.2, 0.25) is 0 Å².